The average molecular weight is 605 g/mol. The summed E-state index contributed by atoms with van der Waals surface area (Å²) in [6.07, 6.45) is 4.34. The number of amides is 1. The van der Waals surface area contributed by atoms with E-state index < -0.39 is 17.5 Å². The molecule has 0 aliphatic rings. The number of nitrogens with two attached hydrogens (primary N) is 1. The molecule has 1 amide bonds. The molecule has 4 rings (SSSR count). The molecule has 0 fully saturated rings. The van der Waals surface area contributed by atoms with Crippen LogP contribution in [0.4, 0.5) is 20.3 Å². The fraction of sp³-hybridized carbons (Fsp3) is 0.200. The van der Waals surface area contributed by atoms with Crippen LogP contribution in [0.1, 0.15) is 10.4 Å². The number of hydrogen-bond acceptors (Lipinski definition) is 9. The van der Waals surface area contributed by atoms with Crippen LogP contribution >= 0.6 is 15.9 Å². The monoisotopic (exact) mass is 604 g/mol. The molecule has 0 unspecified atom stereocenters. The van der Waals surface area contributed by atoms with Crippen LogP contribution in [-0.2, 0) is 9.53 Å². The van der Waals surface area contributed by atoms with Gasteiger partial charge in [0.05, 0.1) is 47.9 Å². The minimum Gasteiger partial charge on any atom is -0.494 e. The Balaban J connectivity index is 1.65. The number of nitrogens with one attached hydrogen (secondary N) is 2. The molecule has 2 aromatic heterocycles. The van der Waals surface area contributed by atoms with E-state index in [0.29, 0.717) is 13.2 Å². The Kier molecular flexibility index (Phi) is 9.01. The highest BCUT2D eigenvalue weighted by molar-refractivity contribution is 9.10. The van der Waals surface area contributed by atoms with Crippen molar-refractivity contribution in [1.82, 2.24) is 19.7 Å². The Labute approximate surface area is 229 Å². The molecular formula is C25H23BrF2N6O5. The van der Waals surface area contributed by atoms with E-state index in [0.717, 1.165) is 0 Å². The molecule has 0 bridgehead atoms. The molecule has 39 heavy (non-hydrogen) atoms. The molecule has 0 aliphatic heterocycles. The van der Waals surface area contributed by atoms with Gasteiger partial charge in [0.1, 0.15) is 0 Å². The van der Waals surface area contributed by atoms with Gasteiger partial charge in [-0.2, -0.15) is 4.39 Å². The number of nitrogens with zero attached hydrogens (tertiary/aromatic N) is 3. The smallest absolute Gasteiger partial charge is 0.298 e. The molecule has 2 heterocycles. The predicted molar refractivity (Wildman–Crippen MR) is 141 cm³/mol. The highest BCUT2D eigenvalue weighted by atomic mass is 79.9. The Morgan fingerprint density at radius 2 is 2.00 bits per heavy atom. The van der Waals surface area contributed by atoms with Crippen molar-refractivity contribution in [2.24, 2.45) is 5.73 Å². The van der Waals surface area contributed by atoms with E-state index in [1.807, 2.05) is 0 Å². The maximum atomic E-state index is 14.8. The van der Waals surface area contributed by atoms with E-state index in [9.17, 15) is 18.4 Å². The molecule has 0 aliphatic carbocycles. The summed E-state index contributed by atoms with van der Waals surface area (Å²) in [6, 6.07) is 5.75. The summed E-state index contributed by atoms with van der Waals surface area (Å²) in [5, 5.41) is 5.73. The van der Waals surface area contributed by atoms with Crippen molar-refractivity contribution in [1.29, 1.82) is 0 Å². The van der Waals surface area contributed by atoms with Gasteiger partial charge in [0.2, 0.25) is 5.82 Å². The van der Waals surface area contributed by atoms with E-state index in [-0.39, 0.29) is 69.6 Å². The van der Waals surface area contributed by atoms with Gasteiger partial charge in [0, 0.05) is 31.0 Å². The van der Waals surface area contributed by atoms with Crippen LogP contribution in [0.25, 0.3) is 16.9 Å². The van der Waals surface area contributed by atoms with Gasteiger partial charge >= 0.3 is 0 Å². The van der Waals surface area contributed by atoms with Gasteiger partial charge in [-0.25, -0.2) is 14.4 Å². The number of imidazole rings is 1. The van der Waals surface area contributed by atoms with Crippen molar-refractivity contribution in [3.8, 4) is 22.8 Å². The Hall–Kier alpha value is -4.14. The topological polar surface area (TPSA) is 142 Å². The first-order valence-corrected chi connectivity index (χ1v) is 12.3. The molecule has 11 nitrogen and oxygen atoms in total. The van der Waals surface area contributed by atoms with Crippen molar-refractivity contribution in [2.75, 3.05) is 38.7 Å². The number of halogens is 3. The molecule has 2 aromatic carbocycles. The van der Waals surface area contributed by atoms with Gasteiger partial charge in [-0.05, 0) is 40.2 Å². The summed E-state index contributed by atoms with van der Waals surface area (Å²) in [4.78, 5) is 32.5. The molecular weight excluding hydrogens is 582 g/mol. The van der Waals surface area contributed by atoms with Gasteiger partial charge in [-0.15, -0.1) is 0 Å². The average Bonchev–Trinajstić information content (AvgIpc) is 3.37. The van der Waals surface area contributed by atoms with Crippen molar-refractivity contribution in [2.45, 2.75) is 0 Å². The summed E-state index contributed by atoms with van der Waals surface area (Å²) in [6.45, 7) is 1.51. The second-order valence-corrected chi connectivity index (χ2v) is 8.65. The molecule has 0 atom stereocenters. The molecule has 204 valence electrons. The third-order valence-electron chi connectivity index (χ3n) is 5.53. The number of fused-ring (bicyclic) bond motifs is 1. The van der Waals surface area contributed by atoms with E-state index in [4.69, 9.17) is 19.9 Å². The zero-order chi connectivity index (χ0) is 27.9. The maximum absolute atomic E-state index is 14.8. The van der Waals surface area contributed by atoms with Crippen LogP contribution in [0.5, 0.6) is 11.5 Å². The number of carbonyl (C=O) groups is 2. The third kappa shape index (κ3) is 5.82. The molecule has 4 N–H and O–H groups in total. The Morgan fingerprint density at radius 1 is 1.18 bits per heavy atom. The van der Waals surface area contributed by atoms with Gasteiger partial charge in [0.15, 0.2) is 28.8 Å². The van der Waals surface area contributed by atoms with E-state index in [2.05, 4.69) is 36.5 Å². The Bertz CT molecular complexity index is 1520. The van der Waals surface area contributed by atoms with Gasteiger partial charge < -0.3 is 30.6 Å². The fourth-order valence-electron chi connectivity index (χ4n) is 3.73. The van der Waals surface area contributed by atoms with Crippen LogP contribution in [-0.4, -0.2) is 60.2 Å². The second-order valence-electron chi connectivity index (χ2n) is 7.86. The first kappa shape index (κ1) is 27.9. The van der Waals surface area contributed by atoms with Gasteiger partial charge in [-0.1, -0.05) is 0 Å². The second kappa shape index (κ2) is 12.6. The maximum Gasteiger partial charge on any atom is 0.298 e. The number of carbonyl (C=O) groups excluding carboxylic acids is 2. The summed E-state index contributed by atoms with van der Waals surface area (Å²) in [5.41, 5.74) is 6.36. The summed E-state index contributed by atoms with van der Waals surface area (Å²) in [5.74, 6) is -2.62. The normalized spacial score (nSPS) is 10.9. The molecule has 14 heteroatoms. The lowest BCUT2D eigenvalue weighted by Crippen LogP contribution is -2.28. The molecule has 0 saturated carbocycles. The lowest BCUT2D eigenvalue weighted by Gasteiger charge is -2.15. The third-order valence-corrected chi connectivity index (χ3v) is 6.31. The first-order valence-electron chi connectivity index (χ1n) is 11.5. The minimum atomic E-state index is -1.12. The summed E-state index contributed by atoms with van der Waals surface area (Å²) in [7, 11) is 1.25. The van der Waals surface area contributed by atoms with E-state index in [1.54, 1.807) is 0 Å². The van der Waals surface area contributed by atoms with Crippen molar-refractivity contribution < 1.29 is 32.6 Å². The Morgan fingerprint density at radius 3 is 2.74 bits per heavy atom. The number of methoxy groups -OCH3 is 1. The standard InChI is InChI=1S/C25H23BrF2N6O5/c1-37-18-5-3-14(20(27)21(18)28)17-12-32-24-23(30-7-9-34(17)24)33-16-4-2-15(19(26)22(16)39-13-35)25(36)31-8-11-38-10-6-29/h2-5,7,9,12-13H,6,8,10-11,29H2,1H3,(H,30,33)(H,31,36). The van der Waals surface area contributed by atoms with Crippen molar-refractivity contribution in [3.05, 3.63) is 64.5 Å². The zero-order valence-electron chi connectivity index (χ0n) is 20.5. The lowest BCUT2D eigenvalue weighted by atomic mass is 10.1. The van der Waals surface area contributed by atoms with Crippen molar-refractivity contribution >= 4 is 45.5 Å². The molecule has 0 saturated heterocycles. The SMILES string of the molecule is COc1ccc(-c2cnc3c(Nc4ccc(C(=O)NCCOCCN)c(Br)c4OC=O)nccn23)c(F)c1F. The van der Waals surface area contributed by atoms with Gasteiger partial charge in [0.25, 0.3) is 12.4 Å². The molecule has 0 radical (unpaired) electrons. The van der Waals surface area contributed by atoms with Crippen molar-refractivity contribution in [3.63, 3.8) is 0 Å². The highest BCUT2D eigenvalue weighted by Gasteiger charge is 2.21. The van der Waals surface area contributed by atoms with E-state index in [1.165, 1.54) is 54.4 Å². The summed E-state index contributed by atoms with van der Waals surface area (Å²) >= 11 is 3.33. The number of anilines is 2. The van der Waals surface area contributed by atoms with Crippen LogP contribution in [0.3, 0.4) is 0 Å². The largest absolute Gasteiger partial charge is 0.494 e. The van der Waals surface area contributed by atoms with Gasteiger partial charge in [-0.3, -0.25) is 14.0 Å². The fourth-order valence-corrected chi connectivity index (χ4v) is 4.35. The lowest BCUT2D eigenvalue weighted by molar-refractivity contribution is -0.120. The van der Waals surface area contributed by atoms with E-state index >= 15 is 0 Å². The molecule has 4 aromatic rings. The summed E-state index contributed by atoms with van der Waals surface area (Å²) < 4.78 is 46.1. The zero-order valence-corrected chi connectivity index (χ0v) is 22.1. The van der Waals surface area contributed by atoms with Crippen LogP contribution in [0, 0.1) is 11.6 Å². The number of aromatic nitrogens is 3. The number of ether oxygens (including phenoxy) is 3. The number of rotatable bonds is 12. The van der Waals surface area contributed by atoms with Crippen LogP contribution in [0.15, 0.2) is 47.3 Å². The molecule has 0 spiro atoms. The highest BCUT2D eigenvalue weighted by Crippen LogP contribution is 2.38. The first-order chi connectivity index (χ1) is 18.9. The minimum absolute atomic E-state index is 0.0240. The predicted octanol–water partition coefficient (Wildman–Crippen LogP) is 3.43. The number of hydrogen-bond donors (Lipinski definition) is 3. The number of benzene rings is 2. The van der Waals surface area contributed by atoms with Crippen LogP contribution < -0.4 is 25.8 Å². The quantitative estimate of drug-likeness (QED) is 0.164. The van der Waals surface area contributed by atoms with Crippen LogP contribution in [0.2, 0.25) is 0 Å².